The summed E-state index contributed by atoms with van der Waals surface area (Å²) in [5, 5.41) is 5.65. The van der Waals surface area contributed by atoms with Crippen molar-refractivity contribution in [3.63, 3.8) is 0 Å². The number of hydrogen-bond donors (Lipinski definition) is 2. The fraction of sp³-hybridized carbons (Fsp3) is 0.364. The van der Waals surface area contributed by atoms with Crippen LogP contribution in [0, 0.1) is 5.92 Å². The minimum atomic E-state index is -0.265. The van der Waals surface area contributed by atoms with Crippen LogP contribution in [0.3, 0.4) is 0 Å². The van der Waals surface area contributed by atoms with Gasteiger partial charge in [0.2, 0.25) is 0 Å². The second-order valence-corrected chi connectivity index (χ2v) is 7.84. The molecule has 2 N–H and O–H groups in total. The maximum absolute atomic E-state index is 12.6. The molecule has 156 valence electrons. The van der Waals surface area contributed by atoms with Gasteiger partial charge in [-0.15, -0.1) is 0 Å². The lowest BCUT2D eigenvalue weighted by molar-refractivity contribution is 0.0947. The van der Waals surface area contributed by atoms with E-state index in [2.05, 4.69) is 40.4 Å². The Morgan fingerprint density at radius 1 is 1.07 bits per heavy atom. The lowest BCUT2D eigenvalue weighted by atomic mass is 10.1. The summed E-state index contributed by atoms with van der Waals surface area (Å²) < 4.78 is 11.4. The Morgan fingerprint density at radius 3 is 2.52 bits per heavy atom. The minimum Gasteiger partial charge on any atom is -0.492 e. The van der Waals surface area contributed by atoms with Gasteiger partial charge in [-0.05, 0) is 64.7 Å². The number of nitrogens with one attached hydrogen (secondary N) is 2. The van der Waals surface area contributed by atoms with Crippen molar-refractivity contribution in [2.24, 2.45) is 5.92 Å². The summed E-state index contributed by atoms with van der Waals surface area (Å²) in [6.07, 6.45) is 0.740. The van der Waals surface area contributed by atoms with Crippen LogP contribution in [0.4, 0.5) is 5.69 Å². The van der Waals surface area contributed by atoms with E-state index < -0.39 is 0 Å². The smallest absolute Gasteiger partial charge is 0.255 e. The molecular formula is C22H27BrN2O4. The summed E-state index contributed by atoms with van der Waals surface area (Å²) >= 11 is 3.45. The molecule has 0 bridgehead atoms. The molecule has 7 heteroatoms. The average molecular weight is 463 g/mol. The van der Waals surface area contributed by atoms with Gasteiger partial charge < -0.3 is 20.1 Å². The number of ether oxygens (including phenoxy) is 2. The van der Waals surface area contributed by atoms with E-state index >= 15 is 0 Å². The molecule has 0 atom stereocenters. The number of rotatable bonds is 10. The Kier molecular flexibility index (Phi) is 9.15. The predicted molar refractivity (Wildman–Crippen MR) is 118 cm³/mol. The third-order valence-corrected chi connectivity index (χ3v) is 4.58. The maximum atomic E-state index is 12.6. The highest BCUT2D eigenvalue weighted by molar-refractivity contribution is 9.10. The van der Waals surface area contributed by atoms with Gasteiger partial charge in [-0.25, -0.2) is 0 Å². The molecule has 0 aliphatic carbocycles. The zero-order valence-corrected chi connectivity index (χ0v) is 18.5. The van der Waals surface area contributed by atoms with E-state index in [1.165, 1.54) is 0 Å². The van der Waals surface area contributed by atoms with Crippen LogP contribution in [0.1, 0.15) is 41.0 Å². The Labute approximate surface area is 180 Å². The first-order valence-corrected chi connectivity index (χ1v) is 10.3. The molecule has 0 unspecified atom stereocenters. The highest BCUT2D eigenvalue weighted by atomic mass is 79.9. The van der Waals surface area contributed by atoms with Crippen LogP contribution in [0.5, 0.6) is 5.75 Å². The number of benzene rings is 2. The van der Waals surface area contributed by atoms with Gasteiger partial charge >= 0.3 is 0 Å². The summed E-state index contributed by atoms with van der Waals surface area (Å²) in [6, 6.07) is 12.0. The van der Waals surface area contributed by atoms with Crippen molar-refractivity contribution in [3.05, 3.63) is 58.1 Å². The molecule has 2 amide bonds. The first-order chi connectivity index (χ1) is 13.9. The topological polar surface area (TPSA) is 76.7 Å². The second-order valence-electron chi connectivity index (χ2n) is 6.99. The van der Waals surface area contributed by atoms with E-state index in [1.54, 1.807) is 49.6 Å². The first-order valence-electron chi connectivity index (χ1n) is 9.51. The highest BCUT2D eigenvalue weighted by Crippen LogP contribution is 2.27. The highest BCUT2D eigenvalue weighted by Gasteiger charge is 2.12. The molecule has 0 radical (unpaired) electrons. The molecule has 2 rings (SSSR count). The number of carbonyl (C=O) groups is 2. The number of halogens is 1. The Morgan fingerprint density at radius 2 is 1.83 bits per heavy atom. The molecule has 0 saturated heterocycles. The standard InChI is InChI=1S/C22H27BrN2O4/c1-15(2)14-29-20-9-8-17(13-19(20)23)22(27)25-18-7-4-6-16(12-18)21(26)24-10-5-11-28-3/h4,6-9,12-13,15H,5,10-11,14H2,1-3H3,(H,24,26)(H,25,27). The van der Waals surface area contributed by atoms with E-state index in [1.807, 2.05) is 0 Å². The Balaban J connectivity index is 2.00. The normalized spacial score (nSPS) is 10.7. The molecule has 2 aromatic carbocycles. The quantitative estimate of drug-likeness (QED) is 0.509. The predicted octanol–water partition coefficient (Wildman–Crippen LogP) is 4.50. The van der Waals surface area contributed by atoms with Crippen molar-refractivity contribution in [3.8, 4) is 5.75 Å². The van der Waals surface area contributed by atoms with Crippen LogP contribution in [-0.4, -0.2) is 38.7 Å². The molecule has 2 aromatic rings. The van der Waals surface area contributed by atoms with Crippen molar-refractivity contribution in [2.45, 2.75) is 20.3 Å². The van der Waals surface area contributed by atoms with Gasteiger partial charge in [0.05, 0.1) is 11.1 Å². The zero-order chi connectivity index (χ0) is 21.2. The van der Waals surface area contributed by atoms with Gasteiger partial charge in [0, 0.05) is 37.1 Å². The molecule has 6 nitrogen and oxygen atoms in total. The van der Waals surface area contributed by atoms with Crippen molar-refractivity contribution < 1.29 is 19.1 Å². The van der Waals surface area contributed by atoms with Crippen LogP contribution in [0.15, 0.2) is 46.9 Å². The van der Waals surface area contributed by atoms with Gasteiger partial charge in [-0.2, -0.15) is 0 Å². The van der Waals surface area contributed by atoms with Crippen LogP contribution in [0.25, 0.3) is 0 Å². The van der Waals surface area contributed by atoms with E-state index in [0.29, 0.717) is 48.2 Å². The second kappa shape index (κ2) is 11.6. The number of amides is 2. The lowest BCUT2D eigenvalue weighted by Gasteiger charge is -2.12. The molecule has 0 aliphatic heterocycles. The third-order valence-electron chi connectivity index (χ3n) is 3.96. The van der Waals surface area contributed by atoms with E-state index in [0.717, 1.165) is 10.9 Å². The van der Waals surface area contributed by atoms with Gasteiger partial charge in [-0.1, -0.05) is 19.9 Å². The van der Waals surface area contributed by atoms with Gasteiger partial charge in [0.15, 0.2) is 0 Å². The molecule has 0 aliphatic rings. The Hall–Kier alpha value is -2.38. The average Bonchev–Trinajstić information content (AvgIpc) is 2.70. The molecular weight excluding hydrogens is 436 g/mol. The maximum Gasteiger partial charge on any atom is 0.255 e. The monoisotopic (exact) mass is 462 g/mol. The third kappa shape index (κ3) is 7.51. The van der Waals surface area contributed by atoms with Crippen LogP contribution >= 0.6 is 15.9 Å². The van der Waals surface area contributed by atoms with Crippen LogP contribution in [0.2, 0.25) is 0 Å². The van der Waals surface area contributed by atoms with Crippen molar-refractivity contribution in [1.82, 2.24) is 5.32 Å². The summed E-state index contributed by atoms with van der Waals surface area (Å²) in [6.45, 7) is 5.87. The minimum absolute atomic E-state index is 0.188. The SMILES string of the molecule is COCCCNC(=O)c1cccc(NC(=O)c2ccc(OCC(C)C)c(Br)c2)c1. The molecule has 0 aromatic heterocycles. The van der Waals surface area contributed by atoms with Gasteiger partial charge in [0.1, 0.15) is 5.75 Å². The molecule has 0 heterocycles. The van der Waals surface area contributed by atoms with Gasteiger partial charge in [-0.3, -0.25) is 9.59 Å². The number of methoxy groups -OCH3 is 1. The summed E-state index contributed by atoms with van der Waals surface area (Å²) in [7, 11) is 1.62. The van der Waals surface area contributed by atoms with Gasteiger partial charge in [0.25, 0.3) is 11.8 Å². The lowest BCUT2D eigenvalue weighted by Crippen LogP contribution is -2.25. The van der Waals surface area contributed by atoms with Crippen LogP contribution < -0.4 is 15.4 Å². The number of carbonyl (C=O) groups excluding carboxylic acids is 2. The Bertz CT molecular complexity index is 839. The van der Waals surface area contributed by atoms with E-state index in [9.17, 15) is 9.59 Å². The molecule has 29 heavy (non-hydrogen) atoms. The van der Waals surface area contributed by atoms with Crippen LogP contribution in [-0.2, 0) is 4.74 Å². The van der Waals surface area contributed by atoms with E-state index in [4.69, 9.17) is 9.47 Å². The number of anilines is 1. The molecule has 0 spiro atoms. The molecule has 0 saturated carbocycles. The van der Waals surface area contributed by atoms with Crippen molar-refractivity contribution in [1.29, 1.82) is 0 Å². The first kappa shape index (κ1) is 22.9. The zero-order valence-electron chi connectivity index (χ0n) is 17.0. The van der Waals surface area contributed by atoms with Crippen molar-refractivity contribution >= 4 is 33.4 Å². The number of hydrogen-bond acceptors (Lipinski definition) is 4. The fourth-order valence-corrected chi connectivity index (χ4v) is 2.97. The summed E-state index contributed by atoms with van der Waals surface area (Å²) in [5.41, 5.74) is 1.53. The molecule has 0 fully saturated rings. The summed E-state index contributed by atoms with van der Waals surface area (Å²) in [4.78, 5) is 24.8. The van der Waals surface area contributed by atoms with Crippen molar-refractivity contribution in [2.75, 3.05) is 32.2 Å². The fourth-order valence-electron chi connectivity index (χ4n) is 2.48. The summed E-state index contributed by atoms with van der Waals surface area (Å²) in [5.74, 6) is 0.655. The van der Waals surface area contributed by atoms with E-state index in [-0.39, 0.29) is 11.8 Å². The largest absolute Gasteiger partial charge is 0.492 e.